The second-order valence-electron chi connectivity index (χ2n) is 6.69. The second-order valence-corrected chi connectivity index (χ2v) is 7.09. The van der Waals surface area contributed by atoms with E-state index in [1.54, 1.807) is 0 Å². The fourth-order valence-corrected chi connectivity index (χ4v) is 3.37. The first-order chi connectivity index (χ1) is 14.2. The molecule has 1 amide bonds. The summed E-state index contributed by atoms with van der Waals surface area (Å²) in [6.07, 6.45) is 2.52. The lowest BCUT2D eigenvalue weighted by Gasteiger charge is -2.11. The number of imidazole rings is 1. The molecule has 2 aromatic carbocycles. The Bertz CT molecular complexity index is 942. The number of benzene rings is 2. The van der Waals surface area contributed by atoms with Crippen LogP contribution in [0.2, 0.25) is 5.02 Å². The maximum absolute atomic E-state index is 11.6. The standard InChI is InChI=1S/C22H26ClN3O3/c1-28-16-22(27)24-13-12-21-25-18-9-3-4-10-19(18)26(21)14-6-7-15-29-20-11-5-2-8-17(20)23/h2-5,8-11H,6-7,12-16H2,1H3,(H,24,27). The maximum atomic E-state index is 11.6. The van der Waals surface area contributed by atoms with Gasteiger partial charge in [0.15, 0.2) is 0 Å². The van der Waals surface area contributed by atoms with E-state index in [1.807, 2.05) is 42.5 Å². The van der Waals surface area contributed by atoms with Gasteiger partial charge in [0.05, 0.1) is 22.7 Å². The molecular weight excluding hydrogens is 390 g/mol. The van der Waals surface area contributed by atoms with Crippen LogP contribution in [0.5, 0.6) is 5.75 Å². The third kappa shape index (κ3) is 5.95. The number of para-hydroxylation sites is 3. The molecule has 7 heteroatoms. The minimum atomic E-state index is -0.119. The van der Waals surface area contributed by atoms with E-state index >= 15 is 0 Å². The van der Waals surface area contributed by atoms with Gasteiger partial charge in [0.2, 0.25) is 5.91 Å². The summed E-state index contributed by atoms with van der Waals surface area (Å²) in [4.78, 5) is 16.3. The third-order valence-electron chi connectivity index (χ3n) is 4.55. The van der Waals surface area contributed by atoms with Crippen molar-refractivity contribution in [2.75, 3.05) is 26.9 Å². The quantitative estimate of drug-likeness (QED) is 0.483. The van der Waals surface area contributed by atoms with Crippen LogP contribution in [0.15, 0.2) is 48.5 Å². The molecule has 29 heavy (non-hydrogen) atoms. The number of nitrogens with one attached hydrogen (secondary N) is 1. The number of ether oxygens (including phenoxy) is 2. The van der Waals surface area contributed by atoms with Crippen molar-refractivity contribution >= 4 is 28.5 Å². The number of rotatable bonds is 11. The normalized spacial score (nSPS) is 11.0. The molecule has 0 atom stereocenters. The Balaban J connectivity index is 1.55. The summed E-state index contributed by atoms with van der Waals surface area (Å²) in [6.45, 7) is 2.05. The number of aryl methyl sites for hydroxylation is 1. The number of carbonyl (C=O) groups excluding carboxylic acids is 1. The highest BCUT2D eigenvalue weighted by molar-refractivity contribution is 6.32. The number of methoxy groups -OCH3 is 1. The number of hydrogen-bond acceptors (Lipinski definition) is 4. The summed E-state index contributed by atoms with van der Waals surface area (Å²) in [7, 11) is 1.51. The molecule has 1 heterocycles. The van der Waals surface area contributed by atoms with Crippen LogP contribution < -0.4 is 10.1 Å². The van der Waals surface area contributed by atoms with Gasteiger partial charge in [-0.3, -0.25) is 4.79 Å². The fraction of sp³-hybridized carbons (Fsp3) is 0.364. The Morgan fingerprint density at radius 2 is 1.93 bits per heavy atom. The van der Waals surface area contributed by atoms with Crippen molar-refractivity contribution in [1.82, 2.24) is 14.9 Å². The van der Waals surface area contributed by atoms with E-state index < -0.39 is 0 Å². The second kappa shape index (κ2) is 10.8. The zero-order chi connectivity index (χ0) is 20.5. The molecule has 0 saturated carbocycles. The SMILES string of the molecule is COCC(=O)NCCc1nc2ccccc2n1CCCCOc1ccccc1Cl. The molecular formula is C22H26ClN3O3. The number of halogens is 1. The number of amides is 1. The lowest BCUT2D eigenvalue weighted by atomic mass is 10.3. The summed E-state index contributed by atoms with van der Waals surface area (Å²) in [6, 6.07) is 15.6. The Morgan fingerprint density at radius 1 is 1.14 bits per heavy atom. The van der Waals surface area contributed by atoms with Gasteiger partial charge in [0.1, 0.15) is 18.2 Å². The molecule has 6 nitrogen and oxygen atoms in total. The van der Waals surface area contributed by atoms with Crippen LogP contribution in [0.1, 0.15) is 18.7 Å². The highest BCUT2D eigenvalue weighted by atomic mass is 35.5. The zero-order valence-corrected chi connectivity index (χ0v) is 17.3. The number of hydrogen-bond donors (Lipinski definition) is 1. The van der Waals surface area contributed by atoms with Crippen molar-refractivity contribution in [3.05, 3.63) is 59.4 Å². The van der Waals surface area contributed by atoms with Gasteiger partial charge in [0.25, 0.3) is 0 Å². The highest BCUT2D eigenvalue weighted by Gasteiger charge is 2.11. The van der Waals surface area contributed by atoms with Crippen LogP contribution in [-0.2, 0) is 22.5 Å². The van der Waals surface area contributed by atoms with E-state index in [9.17, 15) is 4.79 Å². The molecule has 0 spiro atoms. The average molecular weight is 416 g/mol. The van der Waals surface area contributed by atoms with E-state index in [-0.39, 0.29) is 12.5 Å². The van der Waals surface area contributed by atoms with Crippen molar-refractivity contribution in [3.8, 4) is 5.75 Å². The highest BCUT2D eigenvalue weighted by Crippen LogP contribution is 2.23. The van der Waals surface area contributed by atoms with E-state index in [4.69, 9.17) is 26.1 Å². The number of aromatic nitrogens is 2. The largest absolute Gasteiger partial charge is 0.492 e. The van der Waals surface area contributed by atoms with Gasteiger partial charge in [-0.2, -0.15) is 0 Å². The lowest BCUT2D eigenvalue weighted by Crippen LogP contribution is -2.29. The minimum absolute atomic E-state index is 0.0713. The molecule has 0 unspecified atom stereocenters. The maximum Gasteiger partial charge on any atom is 0.245 e. The fourth-order valence-electron chi connectivity index (χ4n) is 3.18. The monoisotopic (exact) mass is 415 g/mol. The molecule has 0 saturated heterocycles. The topological polar surface area (TPSA) is 65.4 Å². The smallest absolute Gasteiger partial charge is 0.245 e. The van der Waals surface area contributed by atoms with Crippen LogP contribution in [0.4, 0.5) is 0 Å². The van der Waals surface area contributed by atoms with Crippen molar-refractivity contribution in [3.63, 3.8) is 0 Å². The van der Waals surface area contributed by atoms with Crippen LogP contribution in [-0.4, -0.2) is 42.3 Å². The van der Waals surface area contributed by atoms with Gasteiger partial charge in [0, 0.05) is 26.6 Å². The molecule has 3 rings (SSSR count). The van der Waals surface area contributed by atoms with Gasteiger partial charge in [-0.25, -0.2) is 4.98 Å². The Hall–Kier alpha value is -2.57. The molecule has 1 N–H and O–H groups in total. The number of fused-ring (bicyclic) bond motifs is 1. The Labute approximate surface area is 175 Å². The molecule has 0 fully saturated rings. The molecule has 0 bridgehead atoms. The number of nitrogens with zero attached hydrogens (tertiary/aromatic N) is 2. The zero-order valence-electron chi connectivity index (χ0n) is 16.6. The van der Waals surface area contributed by atoms with Gasteiger partial charge < -0.3 is 19.4 Å². The first kappa shape index (κ1) is 21.1. The average Bonchev–Trinajstić information content (AvgIpc) is 3.07. The van der Waals surface area contributed by atoms with Crippen LogP contribution in [0.25, 0.3) is 11.0 Å². The molecule has 0 aliphatic rings. The lowest BCUT2D eigenvalue weighted by molar-refractivity contribution is -0.124. The molecule has 1 aromatic heterocycles. The van der Waals surface area contributed by atoms with Crippen LogP contribution >= 0.6 is 11.6 Å². The van der Waals surface area contributed by atoms with Crippen LogP contribution in [0, 0.1) is 0 Å². The van der Waals surface area contributed by atoms with Crippen molar-refractivity contribution < 1.29 is 14.3 Å². The predicted molar refractivity (Wildman–Crippen MR) is 115 cm³/mol. The van der Waals surface area contributed by atoms with Gasteiger partial charge >= 0.3 is 0 Å². The van der Waals surface area contributed by atoms with E-state index in [0.29, 0.717) is 24.6 Å². The Kier molecular flexibility index (Phi) is 7.90. The molecule has 0 aliphatic carbocycles. The van der Waals surface area contributed by atoms with Crippen molar-refractivity contribution in [2.24, 2.45) is 0 Å². The van der Waals surface area contributed by atoms with Gasteiger partial charge in [-0.15, -0.1) is 0 Å². The first-order valence-corrected chi connectivity index (χ1v) is 10.1. The summed E-state index contributed by atoms with van der Waals surface area (Å²) in [5.41, 5.74) is 2.08. The molecule has 3 aromatic rings. The molecule has 0 radical (unpaired) electrons. The van der Waals surface area contributed by atoms with Gasteiger partial charge in [-0.05, 0) is 37.1 Å². The van der Waals surface area contributed by atoms with Crippen LogP contribution in [0.3, 0.4) is 0 Å². The number of carbonyl (C=O) groups is 1. The predicted octanol–water partition coefficient (Wildman–Crippen LogP) is 3.85. The van der Waals surface area contributed by atoms with Crippen molar-refractivity contribution in [2.45, 2.75) is 25.8 Å². The molecule has 154 valence electrons. The van der Waals surface area contributed by atoms with E-state index in [1.165, 1.54) is 7.11 Å². The van der Waals surface area contributed by atoms with Gasteiger partial charge in [-0.1, -0.05) is 35.9 Å². The minimum Gasteiger partial charge on any atom is -0.492 e. The van der Waals surface area contributed by atoms with E-state index in [2.05, 4.69) is 16.0 Å². The first-order valence-electron chi connectivity index (χ1n) is 9.76. The summed E-state index contributed by atoms with van der Waals surface area (Å²) < 4.78 is 12.8. The summed E-state index contributed by atoms with van der Waals surface area (Å²) in [5, 5.41) is 3.48. The summed E-state index contributed by atoms with van der Waals surface area (Å²) in [5.74, 6) is 1.57. The third-order valence-corrected chi connectivity index (χ3v) is 4.86. The van der Waals surface area contributed by atoms with E-state index in [0.717, 1.165) is 42.0 Å². The van der Waals surface area contributed by atoms with Crippen molar-refractivity contribution in [1.29, 1.82) is 0 Å². The summed E-state index contributed by atoms with van der Waals surface area (Å²) >= 11 is 6.12. The Morgan fingerprint density at radius 3 is 2.76 bits per heavy atom. The number of unbranched alkanes of at least 4 members (excludes halogenated alkanes) is 1. The molecule has 0 aliphatic heterocycles.